The van der Waals surface area contributed by atoms with Gasteiger partial charge in [0.15, 0.2) is 0 Å². The third kappa shape index (κ3) is 3.42. The van der Waals surface area contributed by atoms with E-state index in [2.05, 4.69) is 20.3 Å². The average molecular weight is 384 g/mol. The number of methoxy groups -OCH3 is 2. The Bertz CT molecular complexity index is 1000. The van der Waals surface area contributed by atoms with Gasteiger partial charge in [0.1, 0.15) is 11.4 Å². The number of aromatic nitrogens is 4. The second kappa shape index (κ2) is 7.71. The molecule has 1 N–H and O–H groups in total. The molecule has 28 heavy (non-hydrogen) atoms. The van der Waals surface area contributed by atoms with Crippen molar-refractivity contribution in [2.24, 2.45) is 7.05 Å². The highest BCUT2D eigenvalue weighted by molar-refractivity contribution is 5.94. The SMILES string of the molecule is CCC(=O)Nc1cc2cc(-c3c(OC)nc(N(C)C)nc3OC)n(C)c2cn1. The number of carbonyl (C=O) groups is 1. The van der Waals surface area contributed by atoms with Crippen LogP contribution in [-0.4, -0.2) is 53.7 Å². The Morgan fingerprint density at radius 2 is 1.82 bits per heavy atom. The van der Waals surface area contributed by atoms with Crippen LogP contribution in [0.25, 0.3) is 22.2 Å². The fraction of sp³-hybridized carbons (Fsp3) is 0.368. The summed E-state index contributed by atoms with van der Waals surface area (Å²) in [7, 11) is 8.74. The van der Waals surface area contributed by atoms with Crippen LogP contribution in [0.2, 0.25) is 0 Å². The van der Waals surface area contributed by atoms with Gasteiger partial charge >= 0.3 is 0 Å². The van der Waals surface area contributed by atoms with Gasteiger partial charge in [-0.15, -0.1) is 0 Å². The zero-order valence-electron chi connectivity index (χ0n) is 16.9. The summed E-state index contributed by atoms with van der Waals surface area (Å²) in [5, 5.41) is 3.69. The molecule has 148 valence electrons. The summed E-state index contributed by atoms with van der Waals surface area (Å²) in [6.45, 7) is 1.80. The normalized spacial score (nSPS) is 10.8. The first kappa shape index (κ1) is 19.4. The Labute approximate surface area is 163 Å². The molecule has 9 nitrogen and oxygen atoms in total. The van der Waals surface area contributed by atoms with E-state index in [9.17, 15) is 4.79 Å². The van der Waals surface area contributed by atoms with Gasteiger partial charge in [0, 0.05) is 33.0 Å². The molecule has 3 rings (SSSR count). The number of carbonyl (C=O) groups excluding carboxylic acids is 1. The summed E-state index contributed by atoms with van der Waals surface area (Å²) in [4.78, 5) is 26.7. The second-order valence-electron chi connectivity index (χ2n) is 6.43. The van der Waals surface area contributed by atoms with Gasteiger partial charge in [0.05, 0.1) is 31.6 Å². The van der Waals surface area contributed by atoms with E-state index in [-0.39, 0.29) is 5.91 Å². The average Bonchev–Trinajstić information content (AvgIpc) is 3.02. The van der Waals surface area contributed by atoms with E-state index >= 15 is 0 Å². The van der Waals surface area contributed by atoms with Crippen LogP contribution < -0.4 is 19.7 Å². The molecule has 3 heterocycles. The molecule has 3 aromatic heterocycles. The zero-order valence-corrected chi connectivity index (χ0v) is 16.9. The maximum absolute atomic E-state index is 11.7. The number of rotatable bonds is 6. The number of hydrogen-bond donors (Lipinski definition) is 1. The van der Waals surface area contributed by atoms with E-state index in [0.717, 1.165) is 16.6 Å². The van der Waals surface area contributed by atoms with Crippen molar-refractivity contribution in [1.82, 2.24) is 19.5 Å². The molecule has 0 saturated heterocycles. The van der Waals surface area contributed by atoms with Crippen LogP contribution in [0.1, 0.15) is 13.3 Å². The molecule has 0 aromatic carbocycles. The van der Waals surface area contributed by atoms with Gasteiger partial charge in [-0.25, -0.2) is 4.98 Å². The molecule has 0 unspecified atom stereocenters. The first-order valence-corrected chi connectivity index (χ1v) is 8.82. The maximum atomic E-state index is 11.7. The smallest absolute Gasteiger partial charge is 0.231 e. The number of ether oxygens (including phenoxy) is 2. The predicted octanol–water partition coefficient (Wildman–Crippen LogP) is 2.46. The highest BCUT2D eigenvalue weighted by atomic mass is 16.5. The molecule has 0 radical (unpaired) electrons. The van der Waals surface area contributed by atoms with E-state index < -0.39 is 0 Å². The number of aryl methyl sites for hydroxylation is 1. The number of anilines is 2. The number of hydrogen-bond acceptors (Lipinski definition) is 7. The van der Waals surface area contributed by atoms with Crippen LogP contribution in [0.15, 0.2) is 18.3 Å². The summed E-state index contributed by atoms with van der Waals surface area (Å²) >= 11 is 0. The zero-order chi connectivity index (χ0) is 20.4. The van der Waals surface area contributed by atoms with Gasteiger partial charge in [-0.3, -0.25) is 4.79 Å². The maximum Gasteiger partial charge on any atom is 0.231 e. The Morgan fingerprint density at radius 1 is 1.18 bits per heavy atom. The molecule has 3 aromatic rings. The Morgan fingerprint density at radius 3 is 2.36 bits per heavy atom. The van der Waals surface area contributed by atoms with Crippen molar-refractivity contribution in [2.45, 2.75) is 13.3 Å². The molecule has 0 aliphatic carbocycles. The van der Waals surface area contributed by atoms with E-state index in [1.807, 2.05) is 37.8 Å². The minimum atomic E-state index is -0.0842. The molecule has 0 bridgehead atoms. The fourth-order valence-corrected chi connectivity index (χ4v) is 2.90. The van der Waals surface area contributed by atoms with Crippen molar-refractivity contribution < 1.29 is 14.3 Å². The first-order valence-electron chi connectivity index (χ1n) is 8.82. The Hall–Kier alpha value is -3.36. The van der Waals surface area contributed by atoms with Gasteiger partial charge in [0.2, 0.25) is 23.6 Å². The van der Waals surface area contributed by atoms with Gasteiger partial charge in [0.25, 0.3) is 0 Å². The number of nitrogens with zero attached hydrogens (tertiary/aromatic N) is 5. The minimum Gasteiger partial charge on any atom is -0.480 e. The van der Waals surface area contributed by atoms with Crippen molar-refractivity contribution in [1.29, 1.82) is 0 Å². The fourth-order valence-electron chi connectivity index (χ4n) is 2.90. The number of amides is 1. The first-order chi connectivity index (χ1) is 13.4. The van der Waals surface area contributed by atoms with Crippen LogP contribution in [-0.2, 0) is 11.8 Å². The largest absolute Gasteiger partial charge is 0.480 e. The summed E-state index contributed by atoms with van der Waals surface area (Å²) < 4.78 is 13.0. The van der Waals surface area contributed by atoms with Crippen LogP contribution in [0.4, 0.5) is 11.8 Å². The Kier molecular flexibility index (Phi) is 5.34. The number of nitrogens with one attached hydrogen (secondary N) is 1. The minimum absolute atomic E-state index is 0.0842. The molecule has 0 saturated carbocycles. The second-order valence-corrected chi connectivity index (χ2v) is 6.43. The lowest BCUT2D eigenvalue weighted by atomic mass is 10.2. The van der Waals surface area contributed by atoms with Gasteiger partial charge < -0.3 is 24.3 Å². The molecule has 0 spiro atoms. The molecule has 1 amide bonds. The highest BCUT2D eigenvalue weighted by Gasteiger charge is 2.22. The van der Waals surface area contributed by atoms with Crippen LogP contribution in [0.5, 0.6) is 11.8 Å². The summed E-state index contributed by atoms with van der Waals surface area (Å²) in [5.74, 6) is 1.74. The lowest BCUT2D eigenvalue weighted by Crippen LogP contribution is -2.14. The summed E-state index contributed by atoms with van der Waals surface area (Å²) in [6.07, 6.45) is 2.11. The lowest BCUT2D eigenvalue weighted by molar-refractivity contribution is -0.115. The van der Waals surface area contributed by atoms with E-state index in [0.29, 0.717) is 35.5 Å². The van der Waals surface area contributed by atoms with Crippen molar-refractivity contribution >= 4 is 28.6 Å². The van der Waals surface area contributed by atoms with Gasteiger partial charge in [-0.2, -0.15) is 9.97 Å². The molecule has 9 heteroatoms. The molecule has 0 aliphatic rings. The summed E-state index contributed by atoms with van der Waals surface area (Å²) in [6, 6.07) is 3.80. The molecular weight excluding hydrogens is 360 g/mol. The Balaban J connectivity index is 2.18. The van der Waals surface area contributed by atoms with Crippen LogP contribution in [0.3, 0.4) is 0 Å². The van der Waals surface area contributed by atoms with Crippen LogP contribution in [0, 0.1) is 0 Å². The predicted molar refractivity (Wildman–Crippen MR) is 108 cm³/mol. The van der Waals surface area contributed by atoms with E-state index in [1.54, 1.807) is 32.2 Å². The summed E-state index contributed by atoms with van der Waals surface area (Å²) in [5.41, 5.74) is 2.36. The molecule has 0 aliphatic heterocycles. The topological polar surface area (TPSA) is 94.4 Å². The molecule has 0 atom stereocenters. The van der Waals surface area contributed by atoms with E-state index in [1.165, 1.54) is 0 Å². The molecular formula is C19H24N6O3. The third-order valence-electron chi connectivity index (χ3n) is 4.39. The number of pyridine rings is 1. The van der Waals surface area contributed by atoms with Gasteiger partial charge in [-0.1, -0.05) is 6.92 Å². The third-order valence-corrected chi connectivity index (χ3v) is 4.39. The van der Waals surface area contributed by atoms with Gasteiger partial charge in [-0.05, 0) is 12.1 Å². The van der Waals surface area contributed by atoms with Crippen molar-refractivity contribution in [3.05, 3.63) is 18.3 Å². The highest BCUT2D eigenvalue weighted by Crippen LogP contribution is 2.39. The lowest BCUT2D eigenvalue weighted by Gasteiger charge is -2.17. The monoisotopic (exact) mass is 384 g/mol. The van der Waals surface area contributed by atoms with Crippen molar-refractivity contribution in [2.75, 3.05) is 38.5 Å². The number of fused-ring (bicyclic) bond motifs is 1. The molecule has 0 fully saturated rings. The van der Waals surface area contributed by atoms with E-state index in [4.69, 9.17) is 9.47 Å². The van der Waals surface area contributed by atoms with Crippen molar-refractivity contribution in [3.8, 4) is 23.0 Å². The van der Waals surface area contributed by atoms with Crippen LogP contribution >= 0.6 is 0 Å². The van der Waals surface area contributed by atoms with Crippen molar-refractivity contribution in [3.63, 3.8) is 0 Å². The standard InChI is InChI=1S/C19H24N6O3/c1-7-15(26)21-14-9-11-8-12(25(4)13(11)10-20-14)16-17(27-5)22-19(24(2)3)23-18(16)28-6/h8-10H,7H2,1-6H3,(H,20,21,26). The quantitative estimate of drug-likeness (QED) is 0.697.